The van der Waals surface area contributed by atoms with Crippen LogP contribution in [0.2, 0.25) is 0 Å². The van der Waals surface area contributed by atoms with Crippen LogP contribution in [0.25, 0.3) is 0 Å². The molecule has 6 heteroatoms. The minimum atomic E-state index is 0.551. The second-order valence-corrected chi connectivity index (χ2v) is 5.11. The molecule has 0 bridgehead atoms. The van der Waals surface area contributed by atoms with Crippen molar-refractivity contribution in [2.75, 3.05) is 20.8 Å². The Labute approximate surface area is 142 Å². The Morgan fingerprint density at radius 3 is 2.33 bits per heavy atom. The molecule has 0 aliphatic rings. The summed E-state index contributed by atoms with van der Waals surface area (Å²) in [6.07, 6.45) is 1.77. The van der Waals surface area contributed by atoms with Crippen LogP contribution in [0.3, 0.4) is 0 Å². The topological polar surface area (TPSA) is 67.8 Å². The molecule has 2 rings (SSSR count). The van der Waals surface area contributed by atoms with E-state index in [4.69, 9.17) is 9.47 Å². The summed E-state index contributed by atoms with van der Waals surface area (Å²) in [5.74, 6) is 2.22. The van der Waals surface area contributed by atoms with Crippen molar-refractivity contribution in [1.82, 2.24) is 15.6 Å². The lowest BCUT2D eigenvalue weighted by Crippen LogP contribution is -2.36. The largest absolute Gasteiger partial charge is 0.497 e. The third-order valence-corrected chi connectivity index (χ3v) is 3.39. The van der Waals surface area contributed by atoms with E-state index in [-0.39, 0.29) is 0 Å². The third kappa shape index (κ3) is 5.46. The van der Waals surface area contributed by atoms with E-state index >= 15 is 0 Å². The van der Waals surface area contributed by atoms with Gasteiger partial charge in [0.05, 0.1) is 20.8 Å². The molecule has 24 heavy (non-hydrogen) atoms. The van der Waals surface area contributed by atoms with Crippen molar-refractivity contribution in [3.05, 3.63) is 53.7 Å². The molecule has 0 saturated heterocycles. The van der Waals surface area contributed by atoms with Gasteiger partial charge in [-0.05, 0) is 30.2 Å². The van der Waals surface area contributed by atoms with Crippen LogP contribution >= 0.6 is 0 Å². The molecule has 0 aliphatic carbocycles. The fraction of sp³-hybridized carbons (Fsp3) is 0.333. The predicted octanol–water partition coefficient (Wildman–Crippen LogP) is 2.35. The van der Waals surface area contributed by atoms with Gasteiger partial charge in [-0.25, -0.2) is 9.98 Å². The molecule has 0 saturated carbocycles. The van der Waals surface area contributed by atoms with Crippen molar-refractivity contribution in [2.24, 2.45) is 4.99 Å². The number of benzene rings is 1. The first kappa shape index (κ1) is 17.6. The van der Waals surface area contributed by atoms with E-state index < -0.39 is 0 Å². The number of pyridine rings is 1. The summed E-state index contributed by atoms with van der Waals surface area (Å²) in [7, 11) is 3.27. The summed E-state index contributed by atoms with van der Waals surface area (Å²) in [5.41, 5.74) is 2.19. The minimum Gasteiger partial charge on any atom is -0.497 e. The standard InChI is InChI=1S/C18H24N4O2/c1-4-19-18(21-11-14-5-8-16(23-2)9-6-14)22-13-15-7-10-17(24-3)20-12-15/h5-10,12H,4,11,13H2,1-3H3,(H2,19,21,22). The number of nitrogens with one attached hydrogen (secondary N) is 2. The van der Waals surface area contributed by atoms with Crippen molar-refractivity contribution in [3.63, 3.8) is 0 Å². The second kappa shape index (κ2) is 9.39. The first-order valence-electron chi connectivity index (χ1n) is 7.89. The average molecular weight is 328 g/mol. The van der Waals surface area contributed by atoms with Crippen LogP contribution in [0.4, 0.5) is 0 Å². The van der Waals surface area contributed by atoms with Gasteiger partial charge in [0.1, 0.15) is 5.75 Å². The van der Waals surface area contributed by atoms with Crippen molar-refractivity contribution in [3.8, 4) is 11.6 Å². The smallest absolute Gasteiger partial charge is 0.212 e. The van der Waals surface area contributed by atoms with E-state index in [1.807, 2.05) is 43.3 Å². The van der Waals surface area contributed by atoms with E-state index in [1.165, 1.54) is 0 Å². The Bertz CT molecular complexity index is 639. The van der Waals surface area contributed by atoms with E-state index in [1.54, 1.807) is 20.4 Å². The molecule has 0 aliphatic heterocycles. The summed E-state index contributed by atoms with van der Waals surface area (Å²) in [6, 6.07) is 11.8. The van der Waals surface area contributed by atoms with Crippen LogP contribution in [-0.2, 0) is 13.1 Å². The molecule has 0 radical (unpaired) electrons. The van der Waals surface area contributed by atoms with Gasteiger partial charge < -0.3 is 20.1 Å². The number of nitrogens with zero attached hydrogens (tertiary/aromatic N) is 2. The Morgan fingerprint density at radius 2 is 1.75 bits per heavy atom. The monoisotopic (exact) mass is 328 g/mol. The van der Waals surface area contributed by atoms with Crippen LogP contribution in [0, 0.1) is 0 Å². The van der Waals surface area contributed by atoms with Gasteiger partial charge in [-0.1, -0.05) is 18.2 Å². The number of ether oxygens (including phenoxy) is 2. The lowest BCUT2D eigenvalue weighted by molar-refractivity contribution is 0.397. The number of guanidine groups is 1. The van der Waals surface area contributed by atoms with Crippen molar-refractivity contribution in [1.29, 1.82) is 0 Å². The highest BCUT2D eigenvalue weighted by Crippen LogP contribution is 2.11. The van der Waals surface area contributed by atoms with Crippen LogP contribution in [-0.4, -0.2) is 31.7 Å². The van der Waals surface area contributed by atoms with Crippen LogP contribution in [0.1, 0.15) is 18.1 Å². The molecule has 1 aromatic carbocycles. The normalized spacial score (nSPS) is 11.0. The molecule has 128 valence electrons. The first-order valence-corrected chi connectivity index (χ1v) is 7.89. The van der Waals surface area contributed by atoms with Crippen molar-refractivity contribution >= 4 is 5.96 Å². The Balaban J connectivity index is 1.93. The second-order valence-electron chi connectivity index (χ2n) is 5.11. The molecule has 2 N–H and O–H groups in total. The minimum absolute atomic E-state index is 0.551. The zero-order valence-corrected chi connectivity index (χ0v) is 14.4. The Hall–Kier alpha value is -2.76. The molecule has 0 unspecified atom stereocenters. The molecule has 0 spiro atoms. The van der Waals surface area contributed by atoms with E-state index in [9.17, 15) is 0 Å². The highest BCUT2D eigenvalue weighted by atomic mass is 16.5. The van der Waals surface area contributed by atoms with Crippen molar-refractivity contribution < 1.29 is 9.47 Å². The molecule has 0 atom stereocenters. The highest BCUT2D eigenvalue weighted by molar-refractivity contribution is 5.79. The number of hydrogen-bond donors (Lipinski definition) is 2. The number of aromatic nitrogens is 1. The Morgan fingerprint density at radius 1 is 1.00 bits per heavy atom. The maximum Gasteiger partial charge on any atom is 0.212 e. The van der Waals surface area contributed by atoms with Gasteiger partial charge in [-0.2, -0.15) is 0 Å². The molecule has 1 aromatic heterocycles. The summed E-state index contributed by atoms with van der Waals surface area (Å²) >= 11 is 0. The van der Waals surface area contributed by atoms with E-state index in [0.717, 1.165) is 29.4 Å². The fourth-order valence-electron chi connectivity index (χ4n) is 2.07. The predicted molar refractivity (Wildman–Crippen MR) is 95.4 cm³/mol. The summed E-state index contributed by atoms with van der Waals surface area (Å²) in [4.78, 5) is 8.76. The third-order valence-electron chi connectivity index (χ3n) is 3.39. The number of methoxy groups -OCH3 is 2. The van der Waals surface area contributed by atoms with Crippen molar-refractivity contribution in [2.45, 2.75) is 20.0 Å². The molecule has 0 fully saturated rings. The van der Waals surface area contributed by atoms with Gasteiger partial charge in [-0.15, -0.1) is 0 Å². The summed E-state index contributed by atoms with van der Waals surface area (Å²) in [6.45, 7) is 4.08. The van der Waals surface area contributed by atoms with Gasteiger partial charge in [0.25, 0.3) is 0 Å². The Kier molecular flexibility index (Phi) is 6.89. The quantitative estimate of drug-likeness (QED) is 0.603. The van der Waals surface area contributed by atoms with Gasteiger partial charge >= 0.3 is 0 Å². The maximum absolute atomic E-state index is 5.17. The lowest BCUT2D eigenvalue weighted by Gasteiger charge is -2.11. The van der Waals surface area contributed by atoms with E-state index in [0.29, 0.717) is 19.0 Å². The van der Waals surface area contributed by atoms with Gasteiger partial charge in [-0.3, -0.25) is 0 Å². The maximum atomic E-state index is 5.17. The van der Waals surface area contributed by atoms with Crippen LogP contribution in [0.15, 0.2) is 47.6 Å². The number of rotatable bonds is 7. The zero-order chi connectivity index (χ0) is 17.2. The van der Waals surface area contributed by atoms with Crippen LogP contribution < -0.4 is 20.1 Å². The SMILES string of the molecule is CCNC(=NCc1ccc(OC)nc1)NCc1ccc(OC)cc1. The summed E-state index contributed by atoms with van der Waals surface area (Å²) < 4.78 is 10.2. The highest BCUT2D eigenvalue weighted by Gasteiger charge is 2.00. The average Bonchev–Trinajstić information content (AvgIpc) is 2.65. The number of hydrogen-bond acceptors (Lipinski definition) is 4. The molecule has 2 aromatic rings. The first-order chi connectivity index (χ1) is 11.7. The summed E-state index contributed by atoms with van der Waals surface area (Å²) in [5, 5.41) is 6.56. The molecular formula is C18H24N4O2. The molecule has 0 amide bonds. The number of aliphatic imine (C=N–C) groups is 1. The lowest BCUT2D eigenvalue weighted by atomic mass is 10.2. The molecular weight excluding hydrogens is 304 g/mol. The molecule has 6 nitrogen and oxygen atoms in total. The van der Waals surface area contributed by atoms with Gasteiger partial charge in [0.15, 0.2) is 5.96 Å². The van der Waals surface area contributed by atoms with Gasteiger partial charge in [0.2, 0.25) is 5.88 Å². The van der Waals surface area contributed by atoms with Gasteiger partial charge in [0, 0.05) is 25.4 Å². The van der Waals surface area contributed by atoms with E-state index in [2.05, 4.69) is 20.6 Å². The zero-order valence-electron chi connectivity index (χ0n) is 14.4. The van der Waals surface area contributed by atoms with Crippen LogP contribution in [0.5, 0.6) is 11.6 Å². The molecule has 1 heterocycles. The fourth-order valence-corrected chi connectivity index (χ4v) is 2.07.